The van der Waals surface area contributed by atoms with E-state index in [1.54, 1.807) is 0 Å². The predicted octanol–water partition coefficient (Wildman–Crippen LogP) is 3.26. The lowest BCUT2D eigenvalue weighted by Gasteiger charge is -2.61. The quantitative estimate of drug-likeness (QED) is 0.641. The average molecular weight is 431 g/mol. The fraction of sp³-hybridized carbons (Fsp3) is 0.846. The van der Waals surface area contributed by atoms with Crippen LogP contribution in [0.3, 0.4) is 0 Å². The Morgan fingerprint density at radius 3 is 2.26 bits per heavy atom. The summed E-state index contributed by atoms with van der Waals surface area (Å²) in [6.45, 7) is 13.2. The number of hydrogen-bond donors (Lipinski definition) is 3. The number of aliphatic hydroxyl groups excluding tert-OH is 1. The Balaban J connectivity index is 1.91. The molecule has 5 heteroatoms. The molecule has 0 radical (unpaired) electrons. The van der Waals surface area contributed by atoms with Crippen LogP contribution in [0.2, 0.25) is 0 Å². The summed E-state index contributed by atoms with van der Waals surface area (Å²) < 4.78 is 0. The van der Waals surface area contributed by atoms with Gasteiger partial charge in [-0.15, -0.1) is 0 Å². The molecular formula is C26H42N2O3. The van der Waals surface area contributed by atoms with Gasteiger partial charge in [0.1, 0.15) is 0 Å². The fourth-order valence-electron chi connectivity index (χ4n) is 8.87. The van der Waals surface area contributed by atoms with Crippen molar-refractivity contribution in [1.29, 1.82) is 0 Å². The SMILES string of the molecule is CNC(C)C1C(O)CC2(C)C3=C(C(=O)CC12C)C1(C)CCC(NC)C(C)(C)C1CC3=O. The topological polar surface area (TPSA) is 78.4 Å². The van der Waals surface area contributed by atoms with Crippen LogP contribution in [0.5, 0.6) is 0 Å². The molecule has 0 bridgehead atoms. The summed E-state index contributed by atoms with van der Waals surface area (Å²) in [7, 11) is 3.91. The number of nitrogens with one attached hydrogen (secondary N) is 2. The first-order valence-electron chi connectivity index (χ1n) is 12.1. The van der Waals surface area contributed by atoms with E-state index in [4.69, 9.17) is 0 Å². The third-order valence-electron chi connectivity index (χ3n) is 10.7. The van der Waals surface area contributed by atoms with E-state index in [-0.39, 0.29) is 40.3 Å². The molecule has 8 unspecified atom stereocenters. The van der Waals surface area contributed by atoms with Gasteiger partial charge in [0.05, 0.1) is 6.10 Å². The molecule has 0 heterocycles. The van der Waals surface area contributed by atoms with Gasteiger partial charge in [0.2, 0.25) is 0 Å². The van der Waals surface area contributed by atoms with Crippen LogP contribution in [0.25, 0.3) is 0 Å². The Morgan fingerprint density at radius 1 is 1.03 bits per heavy atom. The fourth-order valence-corrected chi connectivity index (χ4v) is 8.87. The molecule has 0 amide bonds. The Bertz CT molecular complexity index is 848. The zero-order valence-electron chi connectivity index (χ0n) is 20.7. The largest absolute Gasteiger partial charge is 0.393 e. The molecule has 0 saturated heterocycles. The van der Waals surface area contributed by atoms with Crippen LogP contribution < -0.4 is 10.6 Å². The third kappa shape index (κ3) is 2.72. The monoisotopic (exact) mass is 430 g/mol. The van der Waals surface area contributed by atoms with E-state index in [2.05, 4.69) is 52.2 Å². The summed E-state index contributed by atoms with van der Waals surface area (Å²) in [6, 6.07) is 0.415. The summed E-state index contributed by atoms with van der Waals surface area (Å²) >= 11 is 0. The number of carbonyl (C=O) groups is 2. The lowest BCUT2D eigenvalue weighted by molar-refractivity contribution is -0.136. The lowest BCUT2D eigenvalue weighted by atomic mass is 9.42. The molecule has 174 valence electrons. The van der Waals surface area contributed by atoms with Crippen molar-refractivity contribution in [2.24, 2.45) is 33.5 Å². The molecule has 0 aliphatic heterocycles. The van der Waals surface area contributed by atoms with E-state index in [0.29, 0.717) is 25.3 Å². The number of aliphatic hydroxyl groups is 1. The molecule has 3 N–H and O–H groups in total. The molecule has 4 rings (SSSR count). The maximum absolute atomic E-state index is 13.9. The van der Waals surface area contributed by atoms with Gasteiger partial charge in [0, 0.05) is 52.8 Å². The molecule has 8 atom stereocenters. The predicted molar refractivity (Wildman–Crippen MR) is 123 cm³/mol. The number of allylic oxidation sites excluding steroid dienone is 2. The molecule has 0 aromatic heterocycles. The summed E-state index contributed by atoms with van der Waals surface area (Å²) in [5.41, 5.74) is 0.340. The van der Waals surface area contributed by atoms with Crippen LogP contribution in [0, 0.1) is 33.5 Å². The smallest absolute Gasteiger partial charge is 0.160 e. The van der Waals surface area contributed by atoms with Gasteiger partial charge < -0.3 is 15.7 Å². The van der Waals surface area contributed by atoms with Crippen molar-refractivity contribution >= 4 is 11.6 Å². The second-order valence-corrected chi connectivity index (χ2v) is 12.3. The first kappa shape index (κ1) is 23.1. The summed E-state index contributed by atoms with van der Waals surface area (Å²) in [5, 5.41) is 17.9. The molecule has 0 spiro atoms. The molecule has 0 aromatic rings. The van der Waals surface area contributed by atoms with Crippen molar-refractivity contribution in [1.82, 2.24) is 10.6 Å². The highest BCUT2D eigenvalue weighted by atomic mass is 16.3. The van der Waals surface area contributed by atoms with Gasteiger partial charge in [-0.1, -0.05) is 34.6 Å². The van der Waals surface area contributed by atoms with E-state index >= 15 is 0 Å². The highest BCUT2D eigenvalue weighted by Crippen LogP contribution is 2.70. The van der Waals surface area contributed by atoms with Crippen molar-refractivity contribution in [3.63, 3.8) is 0 Å². The van der Waals surface area contributed by atoms with Crippen molar-refractivity contribution in [2.45, 2.75) is 91.8 Å². The number of rotatable bonds is 3. The van der Waals surface area contributed by atoms with Crippen LogP contribution in [-0.4, -0.2) is 49.0 Å². The molecular weight excluding hydrogens is 388 g/mol. The van der Waals surface area contributed by atoms with E-state index < -0.39 is 16.9 Å². The average Bonchev–Trinajstić information content (AvgIpc) is 2.87. The van der Waals surface area contributed by atoms with Gasteiger partial charge in [-0.05, 0) is 57.0 Å². The summed E-state index contributed by atoms with van der Waals surface area (Å²) in [4.78, 5) is 27.8. The number of ketones is 2. The zero-order chi connectivity index (χ0) is 23.1. The molecule has 31 heavy (non-hydrogen) atoms. The Morgan fingerprint density at radius 2 is 1.68 bits per heavy atom. The van der Waals surface area contributed by atoms with Gasteiger partial charge in [-0.3, -0.25) is 9.59 Å². The third-order valence-corrected chi connectivity index (χ3v) is 10.7. The molecule has 0 aromatic carbocycles. The summed E-state index contributed by atoms with van der Waals surface area (Å²) in [6.07, 6.45) is 2.89. The van der Waals surface area contributed by atoms with Crippen LogP contribution in [0.15, 0.2) is 11.1 Å². The van der Waals surface area contributed by atoms with E-state index in [9.17, 15) is 14.7 Å². The molecule has 4 aliphatic rings. The van der Waals surface area contributed by atoms with E-state index in [0.717, 1.165) is 24.0 Å². The number of carbonyl (C=O) groups excluding carboxylic acids is 2. The van der Waals surface area contributed by atoms with Gasteiger partial charge in [-0.2, -0.15) is 0 Å². The first-order valence-corrected chi connectivity index (χ1v) is 12.1. The standard InChI is InChI=1S/C26H42N2O3/c1-14(27-7)20-16(30)12-26(6)22-15(29)11-18-23(2,3)19(28-8)9-10-24(18,4)21(22)17(31)13-25(20,26)5/h14,16,18-20,27-28,30H,9-13H2,1-8H3. The van der Waals surface area contributed by atoms with Crippen LogP contribution in [-0.2, 0) is 9.59 Å². The molecule has 2 fully saturated rings. The van der Waals surface area contributed by atoms with Gasteiger partial charge in [0.25, 0.3) is 0 Å². The van der Waals surface area contributed by atoms with E-state index in [1.807, 2.05) is 14.1 Å². The first-order chi connectivity index (χ1) is 14.3. The van der Waals surface area contributed by atoms with Crippen LogP contribution in [0.4, 0.5) is 0 Å². The maximum atomic E-state index is 13.9. The second-order valence-electron chi connectivity index (χ2n) is 12.3. The molecule has 5 nitrogen and oxygen atoms in total. The summed E-state index contributed by atoms with van der Waals surface area (Å²) in [5.74, 6) is 0.383. The van der Waals surface area contributed by atoms with Crippen molar-refractivity contribution in [3.05, 3.63) is 11.1 Å². The number of Topliss-reactive ketones (excluding diaryl/α,β-unsaturated/α-hetero) is 2. The maximum Gasteiger partial charge on any atom is 0.160 e. The molecule has 4 aliphatic carbocycles. The van der Waals surface area contributed by atoms with E-state index in [1.165, 1.54) is 0 Å². The van der Waals surface area contributed by atoms with Crippen LogP contribution >= 0.6 is 0 Å². The minimum Gasteiger partial charge on any atom is -0.393 e. The van der Waals surface area contributed by atoms with Crippen molar-refractivity contribution in [3.8, 4) is 0 Å². The molecule has 2 saturated carbocycles. The minimum absolute atomic E-state index is 0.0599. The lowest BCUT2D eigenvalue weighted by Crippen LogP contribution is -2.61. The minimum atomic E-state index is -0.521. The number of fused-ring (bicyclic) bond motifs is 4. The highest BCUT2D eigenvalue weighted by molar-refractivity contribution is 6.11. The van der Waals surface area contributed by atoms with Gasteiger partial charge in [-0.25, -0.2) is 0 Å². The van der Waals surface area contributed by atoms with Gasteiger partial charge >= 0.3 is 0 Å². The Kier molecular flexibility index (Phi) is 5.21. The highest BCUT2D eigenvalue weighted by Gasteiger charge is 2.69. The number of hydrogen-bond acceptors (Lipinski definition) is 5. The Labute approximate surface area is 187 Å². The zero-order valence-corrected chi connectivity index (χ0v) is 20.7. The van der Waals surface area contributed by atoms with Gasteiger partial charge in [0.15, 0.2) is 11.6 Å². The Hall–Kier alpha value is -1.04. The van der Waals surface area contributed by atoms with Crippen molar-refractivity contribution in [2.75, 3.05) is 14.1 Å². The van der Waals surface area contributed by atoms with Crippen LogP contribution in [0.1, 0.15) is 73.6 Å². The normalized spacial score (nSPS) is 47.6. The second kappa shape index (κ2) is 6.98. The van der Waals surface area contributed by atoms with Crippen molar-refractivity contribution < 1.29 is 14.7 Å².